The van der Waals surface area contributed by atoms with Crippen molar-refractivity contribution in [2.45, 2.75) is 18.6 Å². The van der Waals surface area contributed by atoms with E-state index in [9.17, 15) is 9.50 Å². The molecule has 0 aliphatic heterocycles. The first-order valence-corrected chi connectivity index (χ1v) is 7.03. The average Bonchev–Trinajstić information content (AvgIpc) is 2.52. The van der Waals surface area contributed by atoms with Gasteiger partial charge in [0.2, 0.25) is 0 Å². The molecule has 3 nitrogen and oxygen atoms in total. The molecule has 0 aliphatic carbocycles. The molecule has 0 aromatic heterocycles. The lowest BCUT2D eigenvalue weighted by atomic mass is 10.0. The van der Waals surface area contributed by atoms with Gasteiger partial charge in [-0.25, -0.2) is 4.39 Å². The second kappa shape index (κ2) is 7.88. The minimum atomic E-state index is -0.712. The van der Waals surface area contributed by atoms with Gasteiger partial charge in [-0.3, -0.25) is 0 Å². The third-order valence-electron chi connectivity index (χ3n) is 3.43. The van der Waals surface area contributed by atoms with Crippen molar-refractivity contribution >= 4 is 0 Å². The van der Waals surface area contributed by atoms with Crippen LogP contribution in [0.4, 0.5) is 4.39 Å². The smallest absolute Gasteiger partial charge is 0.123 e. The first-order valence-electron chi connectivity index (χ1n) is 7.03. The predicted molar refractivity (Wildman–Crippen MR) is 80.2 cm³/mol. The quantitative estimate of drug-likeness (QED) is 0.734. The molecule has 2 aromatic rings. The van der Waals surface area contributed by atoms with Crippen molar-refractivity contribution in [3.05, 3.63) is 71.5 Å². The molecule has 0 spiro atoms. The van der Waals surface area contributed by atoms with Crippen LogP contribution in [-0.2, 0) is 0 Å². The molecule has 2 unspecified atom stereocenters. The lowest BCUT2D eigenvalue weighted by Crippen LogP contribution is -2.27. The largest absolute Gasteiger partial charge is 0.396 e. The Balaban J connectivity index is 1.97. The SMILES string of the molecule is OCCC(NCC(O)c1ccc(F)cc1)c1ccccc1. The first kappa shape index (κ1) is 15.6. The maximum Gasteiger partial charge on any atom is 0.123 e. The van der Waals surface area contributed by atoms with Crippen LogP contribution in [0.1, 0.15) is 29.7 Å². The summed E-state index contributed by atoms with van der Waals surface area (Å²) < 4.78 is 12.9. The van der Waals surface area contributed by atoms with Crippen molar-refractivity contribution in [3.8, 4) is 0 Å². The number of hydrogen-bond acceptors (Lipinski definition) is 3. The summed E-state index contributed by atoms with van der Waals surface area (Å²) in [5, 5.41) is 22.5. The van der Waals surface area contributed by atoms with E-state index in [1.165, 1.54) is 12.1 Å². The van der Waals surface area contributed by atoms with Gasteiger partial charge in [-0.05, 0) is 29.7 Å². The molecule has 4 heteroatoms. The highest BCUT2D eigenvalue weighted by Crippen LogP contribution is 2.18. The van der Waals surface area contributed by atoms with Crippen LogP contribution < -0.4 is 5.32 Å². The summed E-state index contributed by atoms with van der Waals surface area (Å²) in [5.41, 5.74) is 1.73. The van der Waals surface area contributed by atoms with Crippen LogP contribution in [0.3, 0.4) is 0 Å². The van der Waals surface area contributed by atoms with Crippen LogP contribution in [0.2, 0.25) is 0 Å². The fourth-order valence-electron chi connectivity index (χ4n) is 2.26. The lowest BCUT2D eigenvalue weighted by molar-refractivity contribution is 0.165. The van der Waals surface area contributed by atoms with Crippen molar-refractivity contribution < 1.29 is 14.6 Å². The Morgan fingerprint density at radius 2 is 1.62 bits per heavy atom. The molecule has 0 amide bonds. The van der Waals surface area contributed by atoms with Gasteiger partial charge < -0.3 is 15.5 Å². The minimum absolute atomic E-state index is 0.0219. The normalized spacial score (nSPS) is 13.9. The van der Waals surface area contributed by atoms with Crippen molar-refractivity contribution in [1.29, 1.82) is 0 Å². The molecule has 2 aromatic carbocycles. The molecule has 21 heavy (non-hydrogen) atoms. The van der Waals surface area contributed by atoms with E-state index in [-0.39, 0.29) is 18.5 Å². The second-order valence-corrected chi connectivity index (χ2v) is 4.95. The summed E-state index contributed by atoms with van der Waals surface area (Å²) in [4.78, 5) is 0. The summed E-state index contributed by atoms with van der Waals surface area (Å²) in [7, 11) is 0. The van der Waals surface area contributed by atoms with Crippen LogP contribution >= 0.6 is 0 Å². The Bertz CT molecular complexity index is 530. The number of hydrogen-bond donors (Lipinski definition) is 3. The highest BCUT2D eigenvalue weighted by Gasteiger charge is 2.13. The Hall–Kier alpha value is -1.75. The molecule has 2 atom stereocenters. The second-order valence-electron chi connectivity index (χ2n) is 4.95. The van der Waals surface area contributed by atoms with Gasteiger partial charge in [0.05, 0.1) is 6.10 Å². The molecule has 0 fully saturated rings. The molecule has 0 radical (unpaired) electrons. The van der Waals surface area contributed by atoms with Crippen molar-refractivity contribution in [1.82, 2.24) is 5.32 Å². The number of aliphatic hydroxyl groups is 2. The third-order valence-corrected chi connectivity index (χ3v) is 3.43. The van der Waals surface area contributed by atoms with Crippen molar-refractivity contribution in [2.24, 2.45) is 0 Å². The molecule has 0 saturated carbocycles. The summed E-state index contributed by atoms with van der Waals surface area (Å²) >= 11 is 0. The van der Waals surface area contributed by atoms with Crippen LogP contribution in [0.15, 0.2) is 54.6 Å². The van der Waals surface area contributed by atoms with Gasteiger partial charge in [-0.1, -0.05) is 42.5 Å². The van der Waals surface area contributed by atoms with E-state index in [2.05, 4.69) is 5.32 Å². The molecule has 0 aliphatic rings. The van der Waals surface area contributed by atoms with Crippen LogP contribution in [0.25, 0.3) is 0 Å². The maximum atomic E-state index is 12.9. The van der Waals surface area contributed by atoms with Gasteiger partial charge in [-0.15, -0.1) is 0 Å². The van der Waals surface area contributed by atoms with Gasteiger partial charge in [0.25, 0.3) is 0 Å². The molecule has 0 heterocycles. The Labute approximate surface area is 124 Å². The van der Waals surface area contributed by atoms with E-state index in [0.717, 1.165) is 5.56 Å². The van der Waals surface area contributed by atoms with Gasteiger partial charge in [0, 0.05) is 19.2 Å². The highest BCUT2D eigenvalue weighted by atomic mass is 19.1. The summed E-state index contributed by atoms with van der Waals surface area (Å²) in [6.45, 7) is 0.407. The molecular weight excluding hydrogens is 269 g/mol. The number of halogens is 1. The lowest BCUT2D eigenvalue weighted by Gasteiger charge is -2.20. The molecule has 2 rings (SSSR count). The summed E-state index contributed by atoms with van der Waals surface area (Å²) in [6.07, 6.45) is -0.143. The van der Waals surface area contributed by atoms with Crippen molar-refractivity contribution in [2.75, 3.05) is 13.2 Å². The zero-order chi connectivity index (χ0) is 15.1. The zero-order valence-electron chi connectivity index (χ0n) is 11.7. The molecule has 0 saturated heterocycles. The van der Waals surface area contributed by atoms with Crippen LogP contribution in [0.5, 0.6) is 0 Å². The monoisotopic (exact) mass is 289 g/mol. The maximum absolute atomic E-state index is 12.9. The third kappa shape index (κ3) is 4.63. The van der Waals surface area contributed by atoms with E-state index in [0.29, 0.717) is 18.5 Å². The van der Waals surface area contributed by atoms with Crippen molar-refractivity contribution in [3.63, 3.8) is 0 Å². The van der Waals surface area contributed by atoms with Gasteiger partial charge in [0.15, 0.2) is 0 Å². The number of rotatable bonds is 7. The summed E-state index contributed by atoms with van der Waals surface area (Å²) in [6, 6.07) is 15.6. The molecule has 0 bridgehead atoms. The van der Waals surface area contributed by atoms with Crippen LogP contribution in [-0.4, -0.2) is 23.4 Å². The highest BCUT2D eigenvalue weighted by molar-refractivity contribution is 5.20. The fraction of sp³-hybridized carbons (Fsp3) is 0.294. The molecule has 3 N–H and O–H groups in total. The topological polar surface area (TPSA) is 52.5 Å². The first-order chi connectivity index (χ1) is 10.2. The molecule has 112 valence electrons. The Morgan fingerprint density at radius 3 is 2.24 bits per heavy atom. The van der Waals surface area contributed by atoms with E-state index in [4.69, 9.17) is 5.11 Å². The van der Waals surface area contributed by atoms with Gasteiger partial charge >= 0.3 is 0 Å². The number of aliphatic hydroxyl groups excluding tert-OH is 2. The van der Waals surface area contributed by atoms with E-state index < -0.39 is 6.10 Å². The molecular formula is C17H20FNO2. The average molecular weight is 289 g/mol. The minimum Gasteiger partial charge on any atom is -0.396 e. The van der Waals surface area contributed by atoms with Gasteiger partial charge in [-0.2, -0.15) is 0 Å². The Morgan fingerprint density at radius 1 is 0.952 bits per heavy atom. The Kier molecular flexibility index (Phi) is 5.87. The predicted octanol–water partition coefficient (Wildman–Crippen LogP) is 2.57. The summed E-state index contributed by atoms with van der Waals surface area (Å²) in [5.74, 6) is -0.318. The zero-order valence-corrected chi connectivity index (χ0v) is 11.7. The van der Waals surface area contributed by atoms with E-state index in [1.54, 1.807) is 12.1 Å². The van der Waals surface area contributed by atoms with E-state index in [1.807, 2.05) is 30.3 Å². The van der Waals surface area contributed by atoms with Crippen LogP contribution in [0, 0.1) is 5.82 Å². The van der Waals surface area contributed by atoms with E-state index >= 15 is 0 Å². The standard InChI is InChI=1S/C17H20FNO2/c18-15-8-6-14(7-9-15)17(21)12-19-16(10-11-20)13-4-2-1-3-5-13/h1-9,16-17,19-21H,10-12H2. The van der Waals surface area contributed by atoms with Gasteiger partial charge in [0.1, 0.15) is 5.82 Å². The number of nitrogens with one attached hydrogen (secondary N) is 1. The fourth-order valence-corrected chi connectivity index (χ4v) is 2.26. The number of benzene rings is 2.